The molecule has 4 nitrogen and oxygen atoms in total. The van der Waals surface area contributed by atoms with Gasteiger partial charge in [0.15, 0.2) is 0 Å². The van der Waals surface area contributed by atoms with Gasteiger partial charge in [-0.3, -0.25) is 9.59 Å². The number of nitrogens with one attached hydrogen (secondary N) is 1. The van der Waals surface area contributed by atoms with Gasteiger partial charge in [0.25, 0.3) is 5.91 Å². The Balaban J connectivity index is 1.77. The minimum Gasteiger partial charge on any atom is -0.345 e. The molecule has 0 saturated carbocycles. The Morgan fingerprint density at radius 1 is 1.16 bits per heavy atom. The van der Waals surface area contributed by atoms with Crippen LogP contribution in [0.3, 0.4) is 0 Å². The first-order valence-corrected chi connectivity index (χ1v) is 8.78. The molecule has 0 radical (unpaired) electrons. The quantitative estimate of drug-likeness (QED) is 0.923. The fourth-order valence-electron chi connectivity index (χ4n) is 3.33. The van der Waals surface area contributed by atoms with Gasteiger partial charge in [0, 0.05) is 24.7 Å². The Labute approximate surface area is 148 Å². The number of nitrogens with zero attached hydrogens (tertiary/aromatic N) is 1. The third kappa shape index (κ3) is 3.58. The van der Waals surface area contributed by atoms with Crippen LogP contribution in [0.5, 0.6) is 0 Å². The molecule has 1 heterocycles. The second kappa shape index (κ2) is 7.09. The lowest BCUT2D eigenvalue weighted by Crippen LogP contribution is -2.28. The molecule has 0 spiro atoms. The van der Waals surface area contributed by atoms with Crippen LogP contribution < -0.4 is 10.2 Å². The number of amides is 2. The van der Waals surface area contributed by atoms with Crippen molar-refractivity contribution in [1.82, 2.24) is 5.32 Å². The minimum atomic E-state index is -0.0727. The van der Waals surface area contributed by atoms with Crippen LogP contribution in [0.15, 0.2) is 42.5 Å². The summed E-state index contributed by atoms with van der Waals surface area (Å²) in [6.45, 7) is 6.39. The maximum atomic E-state index is 12.7. The number of aryl methyl sites for hydroxylation is 1. The van der Waals surface area contributed by atoms with Crippen molar-refractivity contribution in [2.75, 3.05) is 11.4 Å². The lowest BCUT2D eigenvalue weighted by Gasteiger charge is -2.18. The van der Waals surface area contributed by atoms with Gasteiger partial charge in [-0.2, -0.15) is 0 Å². The lowest BCUT2D eigenvalue weighted by molar-refractivity contribution is -0.116. The zero-order valence-electron chi connectivity index (χ0n) is 15.0. The van der Waals surface area contributed by atoms with Gasteiger partial charge in [-0.25, -0.2) is 0 Å². The summed E-state index contributed by atoms with van der Waals surface area (Å²) in [5, 5.41) is 3.12. The Kier molecular flexibility index (Phi) is 4.88. The number of rotatable bonds is 4. The second-order valence-corrected chi connectivity index (χ2v) is 6.61. The average Bonchev–Trinajstić information content (AvgIpc) is 3.03. The summed E-state index contributed by atoms with van der Waals surface area (Å²) in [7, 11) is 0. The second-order valence-electron chi connectivity index (χ2n) is 6.61. The van der Waals surface area contributed by atoms with E-state index in [4.69, 9.17) is 0 Å². The molecule has 1 atom stereocenters. The van der Waals surface area contributed by atoms with E-state index in [1.165, 1.54) is 5.56 Å². The molecular weight excluding hydrogens is 312 g/mol. The Morgan fingerprint density at radius 3 is 2.52 bits per heavy atom. The van der Waals surface area contributed by atoms with Gasteiger partial charge in [0.05, 0.1) is 6.04 Å². The average molecular weight is 336 g/mol. The van der Waals surface area contributed by atoms with E-state index in [-0.39, 0.29) is 17.9 Å². The zero-order chi connectivity index (χ0) is 18.0. The number of hydrogen-bond acceptors (Lipinski definition) is 2. The Morgan fingerprint density at radius 2 is 1.88 bits per heavy atom. The SMILES string of the molecule is CCC(NC(=O)c1ccc2c(c1)CCN2C(C)=O)c1ccc(C)cc1. The van der Waals surface area contributed by atoms with Gasteiger partial charge in [-0.15, -0.1) is 0 Å². The number of fused-ring (bicyclic) bond motifs is 1. The molecule has 1 aliphatic heterocycles. The van der Waals surface area contributed by atoms with Crippen LogP contribution in [0.4, 0.5) is 5.69 Å². The summed E-state index contributed by atoms with van der Waals surface area (Å²) in [5.74, 6) is -0.0298. The number of anilines is 1. The largest absolute Gasteiger partial charge is 0.345 e. The molecular formula is C21H24N2O2. The van der Waals surface area contributed by atoms with Gasteiger partial charge < -0.3 is 10.2 Å². The van der Waals surface area contributed by atoms with Crippen LogP contribution in [-0.4, -0.2) is 18.4 Å². The fourth-order valence-corrected chi connectivity index (χ4v) is 3.33. The maximum Gasteiger partial charge on any atom is 0.251 e. The lowest BCUT2D eigenvalue weighted by atomic mass is 10.0. The van der Waals surface area contributed by atoms with Crippen LogP contribution >= 0.6 is 0 Å². The van der Waals surface area contributed by atoms with Gasteiger partial charge in [-0.1, -0.05) is 36.8 Å². The monoisotopic (exact) mass is 336 g/mol. The molecule has 1 aliphatic rings. The van der Waals surface area contributed by atoms with E-state index in [1.54, 1.807) is 17.9 Å². The number of carbonyl (C=O) groups is 2. The molecule has 1 unspecified atom stereocenters. The molecule has 2 amide bonds. The van der Waals surface area contributed by atoms with Crippen LogP contribution in [-0.2, 0) is 11.2 Å². The number of carbonyl (C=O) groups excluding carboxylic acids is 2. The van der Waals surface area contributed by atoms with Crippen molar-refractivity contribution in [3.05, 3.63) is 64.7 Å². The number of hydrogen-bond donors (Lipinski definition) is 1. The summed E-state index contributed by atoms with van der Waals surface area (Å²) in [6, 6.07) is 13.9. The summed E-state index contributed by atoms with van der Waals surface area (Å²) < 4.78 is 0. The predicted molar refractivity (Wildman–Crippen MR) is 99.9 cm³/mol. The van der Waals surface area contributed by atoms with Gasteiger partial charge >= 0.3 is 0 Å². The van der Waals surface area contributed by atoms with Crippen molar-refractivity contribution in [2.45, 2.75) is 39.7 Å². The standard InChI is InChI=1S/C21H24N2O2/c1-4-19(16-7-5-14(2)6-8-16)22-21(25)18-9-10-20-17(13-18)11-12-23(20)15(3)24/h5-10,13,19H,4,11-12H2,1-3H3,(H,22,25). The summed E-state index contributed by atoms with van der Waals surface area (Å²) >= 11 is 0. The van der Waals surface area contributed by atoms with Gasteiger partial charge in [-0.05, 0) is 49.1 Å². The van der Waals surface area contributed by atoms with Crippen molar-refractivity contribution in [3.63, 3.8) is 0 Å². The third-order valence-corrected chi connectivity index (χ3v) is 4.81. The maximum absolute atomic E-state index is 12.7. The first-order chi connectivity index (χ1) is 12.0. The first-order valence-electron chi connectivity index (χ1n) is 8.78. The van der Waals surface area contributed by atoms with E-state index in [9.17, 15) is 9.59 Å². The molecule has 0 fully saturated rings. The molecule has 3 rings (SSSR count). The zero-order valence-corrected chi connectivity index (χ0v) is 15.0. The molecule has 0 aliphatic carbocycles. The minimum absolute atomic E-state index is 0.00456. The highest BCUT2D eigenvalue weighted by Gasteiger charge is 2.23. The molecule has 2 aromatic rings. The molecule has 0 aromatic heterocycles. The van der Waals surface area contributed by atoms with E-state index in [2.05, 4.69) is 43.4 Å². The highest BCUT2D eigenvalue weighted by Crippen LogP contribution is 2.29. The van der Waals surface area contributed by atoms with Crippen LogP contribution in [0.1, 0.15) is 53.4 Å². The van der Waals surface area contributed by atoms with Crippen molar-refractivity contribution in [3.8, 4) is 0 Å². The predicted octanol–water partition coefficient (Wildman–Crippen LogP) is 3.79. The molecule has 4 heteroatoms. The van der Waals surface area contributed by atoms with Crippen LogP contribution in [0, 0.1) is 6.92 Å². The van der Waals surface area contributed by atoms with Crippen molar-refractivity contribution in [2.24, 2.45) is 0 Å². The van der Waals surface area contributed by atoms with Gasteiger partial charge in [0.1, 0.15) is 0 Å². The van der Waals surface area contributed by atoms with Crippen molar-refractivity contribution in [1.29, 1.82) is 0 Å². The Hall–Kier alpha value is -2.62. The molecule has 1 N–H and O–H groups in total. The molecule has 25 heavy (non-hydrogen) atoms. The van der Waals surface area contributed by atoms with Gasteiger partial charge in [0.2, 0.25) is 5.91 Å². The highest BCUT2D eigenvalue weighted by molar-refractivity contribution is 5.98. The van der Waals surface area contributed by atoms with E-state index in [0.717, 1.165) is 29.7 Å². The topological polar surface area (TPSA) is 49.4 Å². The Bertz CT molecular complexity index is 796. The van der Waals surface area contributed by atoms with E-state index >= 15 is 0 Å². The first kappa shape index (κ1) is 17.2. The normalized spacial score (nSPS) is 14.1. The fraction of sp³-hybridized carbons (Fsp3) is 0.333. The third-order valence-electron chi connectivity index (χ3n) is 4.81. The molecule has 2 aromatic carbocycles. The summed E-state index contributed by atoms with van der Waals surface area (Å²) in [5.41, 5.74) is 4.96. The van der Waals surface area contributed by atoms with E-state index in [1.807, 2.05) is 12.1 Å². The van der Waals surface area contributed by atoms with Crippen molar-refractivity contribution >= 4 is 17.5 Å². The molecule has 0 saturated heterocycles. The summed E-state index contributed by atoms with van der Waals surface area (Å²) in [6.07, 6.45) is 1.63. The van der Waals surface area contributed by atoms with E-state index in [0.29, 0.717) is 12.1 Å². The van der Waals surface area contributed by atoms with Crippen molar-refractivity contribution < 1.29 is 9.59 Å². The number of benzene rings is 2. The smallest absolute Gasteiger partial charge is 0.251 e. The molecule has 0 bridgehead atoms. The highest BCUT2D eigenvalue weighted by atomic mass is 16.2. The summed E-state index contributed by atoms with van der Waals surface area (Å²) in [4.78, 5) is 26.1. The van der Waals surface area contributed by atoms with Crippen LogP contribution in [0.2, 0.25) is 0 Å². The van der Waals surface area contributed by atoms with E-state index < -0.39 is 0 Å². The van der Waals surface area contributed by atoms with Crippen LogP contribution in [0.25, 0.3) is 0 Å². The molecule has 130 valence electrons.